The fraction of sp³-hybridized carbons (Fsp3) is 0.854. The van der Waals surface area contributed by atoms with Crippen molar-refractivity contribution in [2.45, 2.75) is 223 Å². The number of hydrogen-bond donors (Lipinski definition) is 0. The van der Waals surface area contributed by atoms with Gasteiger partial charge in [0, 0.05) is 24.0 Å². The zero-order valence-corrected chi connectivity index (χ0v) is 34.4. The second kappa shape index (κ2) is 13.0. The molecule has 9 fully saturated rings. The van der Waals surface area contributed by atoms with Crippen LogP contribution < -0.4 is 5.46 Å². The van der Waals surface area contributed by atoms with Crippen molar-refractivity contribution in [1.82, 2.24) is 9.80 Å². The molecular formula is C48H72BN3O. The largest absolute Gasteiger partial charge is 0.375 e. The van der Waals surface area contributed by atoms with E-state index in [4.69, 9.17) is 9.73 Å². The molecule has 15 unspecified atom stereocenters. The Morgan fingerprint density at radius 3 is 2.09 bits per heavy atom. The van der Waals surface area contributed by atoms with Gasteiger partial charge in [0.25, 0.3) is 0 Å². The Bertz CT molecular complexity index is 1570. The summed E-state index contributed by atoms with van der Waals surface area (Å²) >= 11 is 0. The molecule has 4 aliphatic heterocycles. The van der Waals surface area contributed by atoms with Gasteiger partial charge in [-0.3, -0.25) is 0 Å². The van der Waals surface area contributed by atoms with Crippen molar-refractivity contribution in [3.8, 4) is 0 Å². The number of ether oxygens (including phenoxy) is 1. The van der Waals surface area contributed by atoms with E-state index >= 15 is 0 Å². The molecule has 0 spiro atoms. The minimum atomic E-state index is 0.417. The molecule has 53 heavy (non-hydrogen) atoms. The summed E-state index contributed by atoms with van der Waals surface area (Å²) in [4.78, 5) is 12.5. The lowest BCUT2D eigenvalue weighted by Gasteiger charge is -2.68. The molecule has 0 amide bonds. The number of nitrogens with zero attached hydrogens (tertiary/aromatic N) is 3. The van der Waals surface area contributed by atoms with Gasteiger partial charge >= 0.3 is 0 Å². The van der Waals surface area contributed by atoms with E-state index in [2.05, 4.69) is 63.5 Å². The van der Waals surface area contributed by atoms with Gasteiger partial charge < -0.3 is 14.5 Å². The second-order valence-corrected chi connectivity index (χ2v) is 21.7. The first-order chi connectivity index (χ1) is 25.8. The van der Waals surface area contributed by atoms with Crippen LogP contribution in [0, 0.1) is 35.5 Å². The monoisotopic (exact) mass is 718 g/mol. The minimum Gasteiger partial charge on any atom is -0.375 e. The summed E-state index contributed by atoms with van der Waals surface area (Å²) in [6.45, 7) is 15.5. The summed E-state index contributed by atoms with van der Waals surface area (Å²) < 4.78 is 7.64. The van der Waals surface area contributed by atoms with Crippen LogP contribution in [0.5, 0.6) is 0 Å². The van der Waals surface area contributed by atoms with Crippen molar-refractivity contribution < 1.29 is 4.74 Å². The molecule has 0 bridgehead atoms. The molecule has 4 nitrogen and oxygen atoms in total. The van der Waals surface area contributed by atoms with E-state index < -0.39 is 0 Å². The third kappa shape index (κ3) is 5.05. The van der Waals surface area contributed by atoms with E-state index in [1.54, 1.807) is 16.7 Å². The summed E-state index contributed by atoms with van der Waals surface area (Å²) in [5, 5.41) is 0. The van der Waals surface area contributed by atoms with Crippen molar-refractivity contribution in [2.75, 3.05) is 0 Å². The molecule has 0 aromatic heterocycles. The molecule has 11 rings (SSSR count). The number of rotatable bonds is 4. The highest BCUT2D eigenvalue weighted by Crippen LogP contribution is 2.64. The number of hydrogen-bond acceptors (Lipinski definition) is 4. The maximum Gasteiger partial charge on any atom is 0.198 e. The number of fused-ring (bicyclic) bond motifs is 13. The van der Waals surface area contributed by atoms with Crippen LogP contribution in [-0.4, -0.2) is 64.9 Å². The van der Waals surface area contributed by atoms with Crippen LogP contribution in [0.25, 0.3) is 0 Å². The lowest BCUT2D eigenvalue weighted by molar-refractivity contribution is -0.0766. The SMILES string of the molecule is CC(C)c1cc(C(C)C)c(B2C3CCC4CCCC5C4C3N(C3=NC4C6CCCCC6CCC4N35)C3CCC4C5CCCCC5OC4C23)c(C(C)C)c1. The predicted octanol–water partition coefficient (Wildman–Crippen LogP) is 10.5. The molecule has 6 aliphatic carbocycles. The topological polar surface area (TPSA) is 28.1 Å². The van der Waals surface area contributed by atoms with Gasteiger partial charge in [-0.15, -0.1) is 0 Å². The lowest BCUT2D eigenvalue weighted by atomic mass is 9.21. The summed E-state index contributed by atoms with van der Waals surface area (Å²) in [7, 11) is 0. The van der Waals surface area contributed by atoms with Crippen LogP contribution in [0.4, 0.5) is 0 Å². The van der Waals surface area contributed by atoms with Gasteiger partial charge in [0.05, 0.1) is 24.3 Å². The van der Waals surface area contributed by atoms with E-state index in [9.17, 15) is 0 Å². The van der Waals surface area contributed by atoms with Gasteiger partial charge in [-0.2, -0.15) is 0 Å². The van der Waals surface area contributed by atoms with E-state index in [0.29, 0.717) is 72.5 Å². The molecule has 4 heterocycles. The summed E-state index contributed by atoms with van der Waals surface area (Å²) in [6, 6.07) is 8.60. The Hall–Kier alpha value is -1.49. The number of guanidine groups is 1. The quantitative estimate of drug-likeness (QED) is 0.290. The minimum absolute atomic E-state index is 0.417. The fourth-order valence-electron chi connectivity index (χ4n) is 16.6. The van der Waals surface area contributed by atoms with E-state index in [1.807, 2.05) is 5.46 Å². The standard InChI is InChI=1S/C48H72BN3O/c1-26(2)31-24-35(27(3)4)43(36(25-31)28(5)6)49-37-21-18-30-13-11-16-38-42(30)46(37)52(39-23-20-34-33-15-9-10-17-41(33)53-47(34)44(39)49)48-50-45-32-14-8-7-12-29(32)19-22-40(45)51(38)48/h24-30,32-34,37-42,44-47H,7-23H2,1-6H3. The van der Waals surface area contributed by atoms with Crippen molar-refractivity contribution in [1.29, 1.82) is 0 Å². The Labute approximate surface area is 323 Å². The van der Waals surface area contributed by atoms with Crippen molar-refractivity contribution in [3.05, 3.63) is 28.8 Å². The van der Waals surface area contributed by atoms with Crippen LogP contribution in [0.15, 0.2) is 17.1 Å². The van der Waals surface area contributed by atoms with E-state index in [0.717, 1.165) is 41.5 Å². The van der Waals surface area contributed by atoms with Crippen LogP contribution in [0.2, 0.25) is 11.6 Å². The van der Waals surface area contributed by atoms with Crippen LogP contribution in [-0.2, 0) is 4.74 Å². The Kier molecular flexibility index (Phi) is 8.54. The zero-order chi connectivity index (χ0) is 35.9. The maximum atomic E-state index is 7.64. The molecule has 6 saturated carbocycles. The first-order valence-electron chi connectivity index (χ1n) is 23.8. The molecule has 15 atom stereocenters. The third-order valence-electron chi connectivity index (χ3n) is 18.6. The van der Waals surface area contributed by atoms with Gasteiger partial charge in [0.2, 0.25) is 0 Å². The van der Waals surface area contributed by atoms with E-state index in [1.165, 1.54) is 115 Å². The second-order valence-electron chi connectivity index (χ2n) is 21.7. The van der Waals surface area contributed by atoms with Crippen molar-refractivity contribution >= 4 is 18.1 Å². The molecule has 288 valence electrons. The summed E-state index contributed by atoms with van der Waals surface area (Å²) in [6.07, 6.45) is 25.1. The van der Waals surface area contributed by atoms with Crippen molar-refractivity contribution in [3.63, 3.8) is 0 Å². The highest BCUT2D eigenvalue weighted by Gasteiger charge is 2.69. The van der Waals surface area contributed by atoms with Crippen LogP contribution in [0.1, 0.15) is 185 Å². The van der Waals surface area contributed by atoms with Gasteiger partial charge in [-0.05, 0) is 122 Å². The van der Waals surface area contributed by atoms with Gasteiger partial charge in [0.15, 0.2) is 12.7 Å². The highest BCUT2D eigenvalue weighted by molar-refractivity contribution is 6.77. The summed E-state index contributed by atoms with van der Waals surface area (Å²) in [5.74, 6) is 9.51. The molecule has 3 saturated heterocycles. The van der Waals surface area contributed by atoms with Crippen LogP contribution >= 0.6 is 0 Å². The highest BCUT2D eigenvalue weighted by atomic mass is 16.5. The number of aliphatic imine (C=N–C) groups is 1. The smallest absolute Gasteiger partial charge is 0.198 e. The van der Waals surface area contributed by atoms with Crippen molar-refractivity contribution in [2.24, 2.45) is 40.5 Å². The molecule has 5 heteroatoms. The van der Waals surface area contributed by atoms with E-state index in [-0.39, 0.29) is 0 Å². The van der Waals surface area contributed by atoms with Gasteiger partial charge in [-0.1, -0.05) is 122 Å². The first kappa shape index (κ1) is 34.7. The molecule has 1 aromatic carbocycles. The Morgan fingerprint density at radius 1 is 0.623 bits per heavy atom. The maximum absolute atomic E-state index is 7.64. The average molecular weight is 718 g/mol. The molecule has 10 aliphatic rings. The van der Waals surface area contributed by atoms with Gasteiger partial charge in [-0.25, -0.2) is 4.99 Å². The molecular weight excluding hydrogens is 645 g/mol. The third-order valence-corrected chi connectivity index (χ3v) is 18.6. The average Bonchev–Trinajstić information content (AvgIpc) is 3.75. The molecule has 1 aromatic rings. The zero-order valence-electron chi connectivity index (χ0n) is 34.4. The molecule has 0 N–H and O–H groups in total. The predicted molar refractivity (Wildman–Crippen MR) is 220 cm³/mol. The van der Waals surface area contributed by atoms with Gasteiger partial charge in [0.1, 0.15) is 0 Å². The lowest BCUT2D eigenvalue weighted by Crippen LogP contribution is -2.77. The first-order valence-corrected chi connectivity index (χ1v) is 23.8. The van der Waals surface area contributed by atoms with Crippen LogP contribution in [0.3, 0.4) is 0 Å². The number of benzene rings is 1. The Balaban J connectivity index is 1.11. The fourth-order valence-corrected chi connectivity index (χ4v) is 16.6. The Morgan fingerprint density at radius 2 is 1.32 bits per heavy atom. The molecule has 0 radical (unpaired) electrons. The summed E-state index contributed by atoms with van der Waals surface area (Å²) in [5.41, 5.74) is 6.77. The normalized spacial score (nSPS) is 45.3.